The summed E-state index contributed by atoms with van der Waals surface area (Å²) in [5.74, 6) is 1.03. The summed E-state index contributed by atoms with van der Waals surface area (Å²) in [6, 6.07) is 19.6. The van der Waals surface area contributed by atoms with Crippen LogP contribution in [0.1, 0.15) is 49.1 Å². The zero-order valence-corrected chi connectivity index (χ0v) is 15.8. The van der Waals surface area contributed by atoms with Gasteiger partial charge < -0.3 is 5.32 Å². The normalized spacial score (nSPS) is 19.1. The number of anilines is 1. The molecule has 4 heteroatoms. The summed E-state index contributed by atoms with van der Waals surface area (Å²) in [5, 5.41) is 13.0. The first kappa shape index (κ1) is 18.2. The minimum atomic E-state index is 0.0560. The minimum absolute atomic E-state index is 0.0560. The molecule has 2 aromatic carbocycles. The fourth-order valence-corrected chi connectivity index (χ4v) is 4.11. The number of para-hydroxylation sites is 1. The molecule has 28 heavy (non-hydrogen) atoms. The van der Waals surface area contributed by atoms with Gasteiger partial charge in [-0.2, -0.15) is 5.26 Å². The molecule has 3 aromatic rings. The highest BCUT2D eigenvalue weighted by molar-refractivity contribution is 5.90. The maximum Gasteiger partial charge on any atom is 0.224 e. The lowest BCUT2D eigenvalue weighted by Crippen LogP contribution is -2.20. The third kappa shape index (κ3) is 4.20. The number of fused-ring (bicyclic) bond motifs is 1. The predicted octanol–water partition coefficient (Wildman–Crippen LogP) is 5.41. The molecule has 1 heterocycles. The van der Waals surface area contributed by atoms with E-state index in [4.69, 9.17) is 5.26 Å². The number of aromatic nitrogens is 1. The van der Waals surface area contributed by atoms with Gasteiger partial charge in [-0.15, -0.1) is 0 Å². The molecule has 1 saturated carbocycles. The van der Waals surface area contributed by atoms with E-state index >= 15 is 0 Å². The van der Waals surface area contributed by atoms with Gasteiger partial charge in [0.2, 0.25) is 5.91 Å². The van der Waals surface area contributed by atoms with Crippen LogP contribution in [-0.4, -0.2) is 10.9 Å². The summed E-state index contributed by atoms with van der Waals surface area (Å²) in [7, 11) is 0. The number of benzene rings is 2. The van der Waals surface area contributed by atoms with Crippen molar-refractivity contribution >= 4 is 22.5 Å². The van der Waals surface area contributed by atoms with Crippen LogP contribution in [0, 0.1) is 17.2 Å². The van der Waals surface area contributed by atoms with Crippen LogP contribution in [0.25, 0.3) is 10.9 Å². The van der Waals surface area contributed by atoms with E-state index in [2.05, 4.69) is 34.6 Å². The maximum atomic E-state index is 12.3. The molecule has 4 nitrogen and oxygen atoms in total. The Kier molecular flexibility index (Phi) is 5.34. The Labute approximate surface area is 165 Å². The molecule has 0 aliphatic heterocycles. The van der Waals surface area contributed by atoms with E-state index < -0.39 is 0 Å². The molecule has 1 fully saturated rings. The molecular weight excluding hydrogens is 346 g/mol. The Balaban J connectivity index is 1.30. The summed E-state index contributed by atoms with van der Waals surface area (Å²) >= 11 is 0. The average molecular weight is 369 g/mol. The van der Waals surface area contributed by atoms with E-state index in [1.165, 1.54) is 10.9 Å². The zero-order valence-electron chi connectivity index (χ0n) is 15.8. The fourth-order valence-electron chi connectivity index (χ4n) is 4.11. The van der Waals surface area contributed by atoms with Gasteiger partial charge in [-0.05, 0) is 79.5 Å². The second kappa shape index (κ2) is 8.22. The monoisotopic (exact) mass is 369 g/mol. The molecule has 0 unspecified atom stereocenters. The Morgan fingerprint density at radius 3 is 2.57 bits per heavy atom. The van der Waals surface area contributed by atoms with Gasteiger partial charge in [0.1, 0.15) is 0 Å². The number of nitriles is 1. The SMILES string of the molecule is N#Cc1ccc(NC(=O)C[C@H]2CC[C@@H](c3cnc4ccccc4c3)CC2)cc1. The van der Waals surface area contributed by atoms with E-state index in [-0.39, 0.29) is 5.91 Å². The molecule has 0 bridgehead atoms. The van der Waals surface area contributed by atoms with Crippen LogP contribution in [0.15, 0.2) is 60.8 Å². The maximum absolute atomic E-state index is 12.3. The molecule has 0 spiro atoms. The van der Waals surface area contributed by atoms with E-state index in [9.17, 15) is 4.79 Å². The lowest BCUT2D eigenvalue weighted by molar-refractivity contribution is -0.117. The van der Waals surface area contributed by atoms with Crippen molar-refractivity contribution in [1.29, 1.82) is 5.26 Å². The second-order valence-corrected chi connectivity index (χ2v) is 7.62. The number of hydrogen-bond acceptors (Lipinski definition) is 3. The first-order valence-corrected chi connectivity index (χ1v) is 9.86. The summed E-state index contributed by atoms with van der Waals surface area (Å²) in [4.78, 5) is 16.9. The van der Waals surface area contributed by atoms with Crippen LogP contribution in [0.5, 0.6) is 0 Å². The van der Waals surface area contributed by atoms with Crippen molar-refractivity contribution < 1.29 is 4.79 Å². The minimum Gasteiger partial charge on any atom is -0.326 e. The van der Waals surface area contributed by atoms with Gasteiger partial charge in [-0.3, -0.25) is 9.78 Å². The van der Waals surface area contributed by atoms with Crippen LogP contribution < -0.4 is 5.32 Å². The highest BCUT2D eigenvalue weighted by atomic mass is 16.1. The quantitative estimate of drug-likeness (QED) is 0.669. The van der Waals surface area contributed by atoms with Gasteiger partial charge in [-0.25, -0.2) is 0 Å². The number of amides is 1. The molecule has 0 radical (unpaired) electrons. The summed E-state index contributed by atoms with van der Waals surface area (Å²) in [6.45, 7) is 0. The van der Waals surface area contributed by atoms with Crippen molar-refractivity contribution in [3.63, 3.8) is 0 Å². The third-order valence-electron chi connectivity index (χ3n) is 5.70. The van der Waals surface area contributed by atoms with E-state index in [0.29, 0.717) is 23.8 Å². The number of nitrogens with zero attached hydrogens (tertiary/aromatic N) is 2. The third-order valence-corrected chi connectivity index (χ3v) is 5.70. The molecular formula is C24H23N3O. The van der Waals surface area contributed by atoms with Gasteiger partial charge in [0, 0.05) is 23.7 Å². The van der Waals surface area contributed by atoms with E-state index in [1.54, 1.807) is 24.3 Å². The standard InChI is InChI=1S/C24H23N3O/c25-15-18-7-11-22(12-8-18)27-24(28)13-17-5-9-19(10-6-17)21-14-20-3-1-2-4-23(20)26-16-21/h1-4,7-8,11-12,14,16-17,19H,5-6,9-10,13H2,(H,27,28)/t17-,19+. The lowest BCUT2D eigenvalue weighted by Gasteiger charge is -2.28. The average Bonchev–Trinajstić information content (AvgIpc) is 2.74. The molecule has 0 atom stereocenters. The number of nitrogens with one attached hydrogen (secondary N) is 1. The highest BCUT2D eigenvalue weighted by Crippen LogP contribution is 2.37. The van der Waals surface area contributed by atoms with Crippen LogP contribution in [-0.2, 0) is 4.79 Å². The molecule has 1 aromatic heterocycles. The topological polar surface area (TPSA) is 65.8 Å². The Hall–Kier alpha value is -3.19. The first-order valence-electron chi connectivity index (χ1n) is 9.86. The number of carbonyl (C=O) groups excluding carboxylic acids is 1. The predicted molar refractivity (Wildman–Crippen MR) is 111 cm³/mol. The van der Waals surface area contributed by atoms with Crippen LogP contribution in [0.4, 0.5) is 5.69 Å². The number of pyridine rings is 1. The number of rotatable bonds is 4. The van der Waals surface area contributed by atoms with Crippen LogP contribution in [0.3, 0.4) is 0 Å². The van der Waals surface area contributed by atoms with Crippen molar-refractivity contribution in [1.82, 2.24) is 4.98 Å². The van der Waals surface area contributed by atoms with Gasteiger partial charge >= 0.3 is 0 Å². The number of carbonyl (C=O) groups is 1. The second-order valence-electron chi connectivity index (χ2n) is 7.62. The lowest BCUT2D eigenvalue weighted by atomic mass is 9.77. The first-order chi connectivity index (χ1) is 13.7. The molecule has 4 rings (SSSR count). The Morgan fingerprint density at radius 2 is 1.82 bits per heavy atom. The number of hydrogen-bond donors (Lipinski definition) is 1. The summed E-state index contributed by atoms with van der Waals surface area (Å²) in [5.41, 5.74) is 3.71. The zero-order chi connectivity index (χ0) is 19.3. The smallest absolute Gasteiger partial charge is 0.224 e. The Bertz CT molecular complexity index is 1010. The largest absolute Gasteiger partial charge is 0.326 e. The van der Waals surface area contributed by atoms with Crippen LogP contribution >= 0.6 is 0 Å². The molecule has 1 N–H and O–H groups in total. The van der Waals surface area contributed by atoms with E-state index in [1.807, 2.05) is 18.3 Å². The van der Waals surface area contributed by atoms with Crippen molar-refractivity contribution in [2.75, 3.05) is 5.32 Å². The highest BCUT2D eigenvalue weighted by Gasteiger charge is 2.24. The van der Waals surface area contributed by atoms with Crippen molar-refractivity contribution in [2.45, 2.75) is 38.0 Å². The molecule has 0 saturated heterocycles. The van der Waals surface area contributed by atoms with E-state index in [0.717, 1.165) is 36.9 Å². The summed E-state index contributed by atoms with van der Waals surface area (Å²) < 4.78 is 0. The molecule has 1 amide bonds. The van der Waals surface area contributed by atoms with Gasteiger partial charge in [-0.1, -0.05) is 18.2 Å². The van der Waals surface area contributed by atoms with Gasteiger partial charge in [0.05, 0.1) is 17.1 Å². The van der Waals surface area contributed by atoms with Gasteiger partial charge in [0.25, 0.3) is 0 Å². The Morgan fingerprint density at radius 1 is 1.07 bits per heavy atom. The van der Waals surface area contributed by atoms with Crippen molar-refractivity contribution in [2.24, 2.45) is 5.92 Å². The van der Waals surface area contributed by atoms with Crippen molar-refractivity contribution in [3.05, 3.63) is 71.9 Å². The molecule has 1 aliphatic rings. The van der Waals surface area contributed by atoms with Crippen molar-refractivity contribution in [3.8, 4) is 6.07 Å². The summed E-state index contributed by atoms with van der Waals surface area (Å²) in [6.07, 6.45) is 6.92. The fraction of sp³-hybridized carbons (Fsp3) is 0.292. The molecule has 1 aliphatic carbocycles. The molecule has 140 valence electrons. The van der Waals surface area contributed by atoms with Crippen LogP contribution in [0.2, 0.25) is 0 Å². The van der Waals surface area contributed by atoms with Gasteiger partial charge in [0.15, 0.2) is 0 Å².